The minimum atomic E-state index is -1.09. The van der Waals surface area contributed by atoms with Gasteiger partial charge in [-0.15, -0.1) is 0 Å². The van der Waals surface area contributed by atoms with E-state index in [2.05, 4.69) is 26.7 Å². The predicted octanol–water partition coefficient (Wildman–Crippen LogP) is 3.86. The average molecular weight is 759 g/mol. The fourth-order valence-corrected chi connectivity index (χ4v) is 6.20. The Morgan fingerprint density at radius 1 is 1.07 bits per heavy atom. The number of fused-ring (bicyclic) bond motifs is 1. The molecule has 1 saturated heterocycles. The number of aryl methyl sites for hydroxylation is 2. The van der Waals surface area contributed by atoms with Crippen molar-refractivity contribution < 1.29 is 47.6 Å². The zero-order chi connectivity index (χ0) is 38.5. The van der Waals surface area contributed by atoms with Crippen molar-refractivity contribution in [1.82, 2.24) is 20.1 Å². The quantitative estimate of drug-likeness (QED) is 0.0543. The van der Waals surface area contributed by atoms with Gasteiger partial charge in [-0.1, -0.05) is 11.2 Å². The number of aliphatic carboxylic acids is 1. The SMILES string of the molecule is COc1ccc(C(CC(=O)O)N2CCN(CCCc3nc4c(cc3CNC(=O)CCOCCOCCOCCOCCN=[N+]=[N-])CCCN4)C2=O)cc1F. The largest absolute Gasteiger partial charge is 0.494 e. The molecule has 2 aromatic rings. The molecule has 4 rings (SSSR count). The maximum Gasteiger partial charge on any atom is 0.320 e. The average Bonchev–Trinajstić information content (AvgIpc) is 3.53. The number of amides is 3. The smallest absolute Gasteiger partial charge is 0.320 e. The fraction of sp³-hybridized carbons (Fsp3) is 0.611. The molecular weight excluding hydrogens is 707 g/mol. The minimum absolute atomic E-state index is 0.0402. The van der Waals surface area contributed by atoms with Crippen molar-refractivity contribution in [2.24, 2.45) is 5.11 Å². The summed E-state index contributed by atoms with van der Waals surface area (Å²) in [5.74, 6) is -0.984. The van der Waals surface area contributed by atoms with Crippen molar-refractivity contribution in [3.8, 4) is 5.75 Å². The summed E-state index contributed by atoms with van der Waals surface area (Å²) in [5.41, 5.74) is 11.4. The number of carbonyl (C=O) groups is 3. The van der Waals surface area contributed by atoms with E-state index in [1.165, 1.54) is 24.1 Å². The molecule has 296 valence electrons. The molecule has 17 nitrogen and oxygen atoms in total. The molecule has 18 heteroatoms. The zero-order valence-electron chi connectivity index (χ0n) is 30.8. The van der Waals surface area contributed by atoms with Crippen LogP contribution >= 0.6 is 0 Å². The van der Waals surface area contributed by atoms with E-state index in [4.69, 9.17) is 34.2 Å². The third-order valence-electron chi connectivity index (χ3n) is 8.92. The second-order valence-corrected chi connectivity index (χ2v) is 12.6. The predicted molar refractivity (Wildman–Crippen MR) is 195 cm³/mol. The van der Waals surface area contributed by atoms with Crippen LogP contribution < -0.4 is 15.4 Å². The molecule has 0 radical (unpaired) electrons. The number of carbonyl (C=O) groups excluding carboxylic acids is 2. The third kappa shape index (κ3) is 13.6. The van der Waals surface area contributed by atoms with Gasteiger partial charge >= 0.3 is 12.0 Å². The molecule has 3 N–H and O–H groups in total. The Labute approximate surface area is 314 Å². The number of rotatable bonds is 26. The van der Waals surface area contributed by atoms with Gasteiger partial charge in [0.15, 0.2) is 11.6 Å². The fourth-order valence-electron chi connectivity index (χ4n) is 6.20. The Hall–Kier alpha value is -4.74. The molecule has 54 heavy (non-hydrogen) atoms. The number of carboxylic acids is 1. The van der Waals surface area contributed by atoms with Crippen LogP contribution in [0.25, 0.3) is 10.4 Å². The van der Waals surface area contributed by atoms with E-state index < -0.39 is 17.8 Å². The topological polar surface area (TPSA) is 210 Å². The molecular formula is C36H51FN8O9. The maximum atomic E-state index is 14.5. The van der Waals surface area contributed by atoms with Gasteiger partial charge in [-0.2, -0.15) is 0 Å². The monoisotopic (exact) mass is 758 g/mol. The number of halogens is 1. The molecule has 2 aliphatic rings. The number of nitrogens with one attached hydrogen (secondary N) is 2. The van der Waals surface area contributed by atoms with Gasteiger partial charge in [-0.05, 0) is 66.1 Å². The van der Waals surface area contributed by atoms with Crippen LogP contribution in [0.5, 0.6) is 5.75 Å². The lowest BCUT2D eigenvalue weighted by Crippen LogP contribution is -2.36. The van der Waals surface area contributed by atoms with Crippen LogP contribution in [0.3, 0.4) is 0 Å². The van der Waals surface area contributed by atoms with Crippen LogP contribution in [0.2, 0.25) is 0 Å². The van der Waals surface area contributed by atoms with Crippen molar-refractivity contribution in [3.63, 3.8) is 0 Å². The van der Waals surface area contributed by atoms with Crippen LogP contribution in [-0.2, 0) is 47.9 Å². The Morgan fingerprint density at radius 2 is 1.80 bits per heavy atom. The second-order valence-electron chi connectivity index (χ2n) is 12.6. The first kappa shape index (κ1) is 42.0. The Balaban J connectivity index is 1.19. The van der Waals surface area contributed by atoms with Crippen molar-refractivity contribution in [2.45, 2.75) is 51.1 Å². The highest BCUT2D eigenvalue weighted by molar-refractivity contribution is 5.78. The molecule has 0 spiro atoms. The van der Waals surface area contributed by atoms with Gasteiger partial charge in [-0.3, -0.25) is 9.59 Å². The molecule has 3 heterocycles. The van der Waals surface area contributed by atoms with Crippen LogP contribution in [-0.4, -0.2) is 130 Å². The minimum Gasteiger partial charge on any atom is -0.494 e. The Morgan fingerprint density at radius 3 is 2.48 bits per heavy atom. The van der Waals surface area contributed by atoms with Gasteiger partial charge in [-0.25, -0.2) is 14.2 Å². The van der Waals surface area contributed by atoms with Gasteiger partial charge in [0, 0.05) is 56.3 Å². The number of methoxy groups -OCH3 is 1. The number of azide groups is 1. The molecule has 1 atom stereocenters. The lowest BCUT2D eigenvalue weighted by molar-refractivity contribution is -0.138. The maximum absolute atomic E-state index is 14.5. The summed E-state index contributed by atoms with van der Waals surface area (Å²) >= 11 is 0. The van der Waals surface area contributed by atoms with Crippen LogP contribution in [0.1, 0.15) is 54.1 Å². The molecule has 1 fully saturated rings. The van der Waals surface area contributed by atoms with E-state index in [1.54, 1.807) is 11.0 Å². The molecule has 1 unspecified atom stereocenters. The van der Waals surface area contributed by atoms with E-state index in [1.807, 2.05) is 0 Å². The molecule has 1 aromatic carbocycles. The normalized spacial score (nSPS) is 14.3. The Kier molecular flexibility index (Phi) is 18.0. The Bertz CT molecular complexity index is 1580. The summed E-state index contributed by atoms with van der Waals surface area (Å²) in [7, 11) is 1.35. The first-order valence-corrected chi connectivity index (χ1v) is 18.3. The molecule has 0 saturated carbocycles. The molecule has 2 aliphatic heterocycles. The van der Waals surface area contributed by atoms with Gasteiger partial charge in [0.1, 0.15) is 5.82 Å². The lowest BCUT2D eigenvalue weighted by Gasteiger charge is -2.27. The number of ether oxygens (including phenoxy) is 5. The molecule has 3 amide bonds. The van der Waals surface area contributed by atoms with Crippen molar-refractivity contribution >= 4 is 23.7 Å². The van der Waals surface area contributed by atoms with Crippen LogP contribution in [0.15, 0.2) is 29.4 Å². The number of hydrogen-bond acceptors (Lipinski definition) is 11. The highest BCUT2D eigenvalue weighted by atomic mass is 19.1. The van der Waals surface area contributed by atoms with E-state index in [-0.39, 0.29) is 37.1 Å². The van der Waals surface area contributed by atoms with Crippen LogP contribution in [0.4, 0.5) is 15.0 Å². The van der Waals surface area contributed by atoms with Gasteiger partial charge in [0.05, 0.1) is 72.4 Å². The number of hydrogen-bond donors (Lipinski definition) is 3. The molecule has 1 aromatic heterocycles. The number of benzene rings is 1. The first-order chi connectivity index (χ1) is 26.3. The summed E-state index contributed by atoms with van der Waals surface area (Å²) in [5, 5.41) is 19.3. The number of aromatic nitrogens is 1. The van der Waals surface area contributed by atoms with Gasteiger partial charge in [0.2, 0.25) is 5.91 Å². The van der Waals surface area contributed by atoms with Gasteiger partial charge in [0.25, 0.3) is 0 Å². The highest BCUT2D eigenvalue weighted by Crippen LogP contribution is 2.31. The zero-order valence-corrected chi connectivity index (χ0v) is 30.8. The number of carboxylic acid groups (broad SMARTS) is 1. The van der Waals surface area contributed by atoms with Crippen molar-refractivity contribution in [1.29, 1.82) is 0 Å². The summed E-state index contributed by atoms with van der Waals surface area (Å²) < 4.78 is 41.2. The van der Waals surface area contributed by atoms with E-state index in [0.29, 0.717) is 97.4 Å². The van der Waals surface area contributed by atoms with Crippen molar-refractivity contribution in [2.75, 3.05) is 98.0 Å². The van der Waals surface area contributed by atoms with Crippen LogP contribution in [0, 0.1) is 5.82 Å². The summed E-state index contributed by atoms with van der Waals surface area (Å²) in [4.78, 5) is 48.6. The van der Waals surface area contributed by atoms with Gasteiger partial charge < -0.3 is 49.2 Å². The summed E-state index contributed by atoms with van der Waals surface area (Å²) in [6.45, 7) is 5.55. The summed E-state index contributed by atoms with van der Waals surface area (Å²) in [6, 6.07) is 5.21. The van der Waals surface area contributed by atoms with E-state index in [9.17, 15) is 23.9 Å². The number of anilines is 1. The van der Waals surface area contributed by atoms with E-state index >= 15 is 0 Å². The number of pyridine rings is 1. The van der Waals surface area contributed by atoms with Crippen molar-refractivity contribution in [3.05, 3.63) is 62.9 Å². The van der Waals surface area contributed by atoms with E-state index in [0.717, 1.165) is 42.0 Å². The molecule has 0 aliphatic carbocycles. The molecule has 0 bridgehead atoms. The highest BCUT2D eigenvalue weighted by Gasteiger charge is 2.35. The lowest BCUT2D eigenvalue weighted by atomic mass is 10.0. The number of nitrogens with zero attached hydrogens (tertiary/aromatic N) is 6. The standard InChI is InChI=1S/C36H51FN8O9/c1-50-32-7-6-26(23-29(32)37)31(24-34(47)48)45-13-12-44(36(45)49)11-3-5-30-28(22-27-4-2-9-39-35(27)42-30)25-40-33(46)8-14-51-16-18-53-20-21-54-19-17-52-15-10-41-43-38/h6-7,22-23,31H,2-5,8-21,24-25H2,1H3,(H,39,42)(H,40,46)(H,47,48). The first-order valence-electron chi connectivity index (χ1n) is 18.3. The number of urea groups is 1. The summed E-state index contributed by atoms with van der Waals surface area (Å²) in [6.07, 6.45) is 2.88. The second kappa shape index (κ2) is 23.1. The third-order valence-corrected chi connectivity index (χ3v) is 8.92.